The summed E-state index contributed by atoms with van der Waals surface area (Å²) < 4.78 is 5.89. The minimum Gasteiger partial charge on any atom is -0.485 e. The normalized spacial score (nSPS) is 13.4. The molecule has 1 saturated carbocycles. The summed E-state index contributed by atoms with van der Waals surface area (Å²) in [5, 5.41) is 3.88. The van der Waals surface area contributed by atoms with E-state index in [0.717, 1.165) is 45.7 Å². The van der Waals surface area contributed by atoms with Crippen LogP contribution < -0.4 is 10.1 Å². The highest BCUT2D eigenvalue weighted by molar-refractivity contribution is 7.20. The molecule has 0 atom stereocenters. The zero-order valence-electron chi connectivity index (χ0n) is 17.3. The maximum atomic E-state index is 13.1. The first-order valence-corrected chi connectivity index (χ1v) is 11.0. The topological polar surface area (TPSA) is 89.9 Å². The number of ether oxygens (including phenoxy) is 1. The fourth-order valence-electron chi connectivity index (χ4n) is 3.51. The lowest BCUT2D eigenvalue weighted by atomic mass is 10.1. The van der Waals surface area contributed by atoms with Gasteiger partial charge >= 0.3 is 0 Å². The molecule has 4 aromatic heterocycles. The van der Waals surface area contributed by atoms with Crippen LogP contribution in [-0.2, 0) is 6.61 Å². The van der Waals surface area contributed by atoms with E-state index in [4.69, 9.17) is 9.72 Å². The number of amides is 1. The lowest BCUT2D eigenvalue weighted by molar-refractivity contribution is 0.102. The van der Waals surface area contributed by atoms with Crippen LogP contribution in [0.1, 0.15) is 51.1 Å². The van der Waals surface area contributed by atoms with Crippen molar-refractivity contribution in [3.8, 4) is 5.75 Å². The van der Waals surface area contributed by atoms with E-state index in [1.54, 1.807) is 30.7 Å². The van der Waals surface area contributed by atoms with Gasteiger partial charge in [0.15, 0.2) is 11.6 Å². The summed E-state index contributed by atoms with van der Waals surface area (Å²) in [5.74, 6) is 2.05. The second-order valence-electron chi connectivity index (χ2n) is 7.63. The number of nitrogens with one attached hydrogen (secondary N) is 1. The van der Waals surface area contributed by atoms with E-state index in [1.165, 1.54) is 11.3 Å². The summed E-state index contributed by atoms with van der Waals surface area (Å²) in [5.41, 5.74) is 2.81. The van der Waals surface area contributed by atoms with Gasteiger partial charge in [0.25, 0.3) is 5.91 Å². The van der Waals surface area contributed by atoms with Gasteiger partial charge in [-0.15, -0.1) is 11.3 Å². The number of anilines is 1. The van der Waals surface area contributed by atoms with Gasteiger partial charge in [-0.3, -0.25) is 9.78 Å². The molecule has 1 amide bonds. The molecule has 1 aliphatic carbocycles. The highest BCUT2D eigenvalue weighted by Crippen LogP contribution is 2.40. The molecule has 0 unspecified atom stereocenters. The molecule has 1 N–H and O–H groups in total. The van der Waals surface area contributed by atoms with Crippen molar-refractivity contribution in [2.75, 3.05) is 5.32 Å². The molecule has 0 spiro atoms. The van der Waals surface area contributed by atoms with Crippen molar-refractivity contribution < 1.29 is 9.53 Å². The van der Waals surface area contributed by atoms with E-state index in [0.29, 0.717) is 29.0 Å². The van der Waals surface area contributed by atoms with Crippen molar-refractivity contribution in [2.45, 2.75) is 39.2 Å². The summed E-state index contributed by atoms with van der Waals surface area (Å²) in [4.78, 5) is 32.3. The average molecular weight is 432 g/mol. The second-order valence-corrected chi connectivity index (χ2v) is 8.63. The molecule has 0 aliphatic heterocycles. The summed E-state index contributed by atoms with van der Waals surface area (Å²) in [6.07, 6.45) is 7.35. The van der Waals surface area contributed by atoms with Gasteiger partial charge in [-0.05, 0) is 62.1 Å². The number of carbonyl (C=O) groups is 1. The van der Waals surface area contributed by atoms with Gasteiger partial charge in [0.1, 0.15) is 17.3 Å². The van der Waals surface area contributed by atoms with Gasteiger partial charge in [-0.2, -0.15) is 0 Å². The molecule has 1 fully saturated rings. The predicted molar refractivity (Wildman–Crippen MR) is 120 cm³/mol. The molecule has 31 heavy (non-hydrogen) atoms. The summed E-state index contributed by atoms with van der Waals surface area (Å²) in [7, 11) is 0. The number of pyridine rings is 2. The van der Waals surface area contributed by atoms with Crippen LogP contribution in [0.5, 0.6) is 5.75 Å². The van der Waals surface area contributed by atoms with E-state index >= 15 is 0 Å². The Labute approximate surface area is 183 Å². The molecule has 0 bridgehead atoms. The smallest absolute Gasteiger partial charge is 0.267 e. The highest BCUT2D eigenvalue weighted by atomic mass is 32.1. The molecular formula is C23H21N5O2S. The van der Waals surface area contributed by atoms with Crippen LogP contribution in [0.2, 0.25) is 0 Å². The number of fused-ring (bicyclic) bond motifs is 1. The largest absolute Gasteiger partial charge is 0.485 e. The first-order valence-electron chi connectivity index (χ1n) is 10.2. The molecule has 0 radical (unpaired) electrons. The number of thiophene rings is 1. The number of hydrogen-bond acceptors (Lipinski definition) is 7. The Morgan fingerprint density at radius 2 is 1.97 bits per heavy atom. The van der Waals surface area contributed by atoms with E-state index in [-0.39, 0.29) is 5.91 Å². The van der Waals surface area contributed by atoms with Crippen molar-refractivity contribution in [1.82, 2.24) is 19.9 Å². The average Bonchev–Trinajstić information content (AvgIpc) is 3.57. The zero-order valence-corrected chi connectivity index (χ0v) is 18.1. The summed E-state index contributed by atoms with van der Waals surface area (Å²) >= 11 is 1.40. The maximum Gasteiger partial charge on any atom is 0.267 e. The van der Waals surface area contributed by atoms with Crippen molar-refractivity contribution in [2.24, 2.45) is 0 Å². The minimum absolute atomic E-state index is 0.222. The highest BCUT2D eigenvalue weighted by Gasteiger charge is 2.28. The SMILES string of the molecule is Cc1nc(C2CC2)nc2sc(C(=O)Nc3ncccc3OCc3ccncc3)c(C)c12. The van der Waals surface area contributed by atoms with E-state index in [1.807, 2.05) is 26.0 Å². The Kier molecular flexibility index (Phi) is 5.07. The first-order chi connectivity index (χ1) is 15.1. The van der Waals surface area contributed by atoms with Crippen LogP contribution in [0.25, 0.3) is 10.2 Å². The minimum atomic E-state index is -0.222. The fourth-order valence-corrected chi connectivity index (χ4v) is 4.64. The van der Waals surface area contributed by atoms with Crippen LogP contribution in [-0.4, -0.2) is 25.8 Å². The van der Waals surface area contributed by atoms with Crippen molar-refractivity contribution >= 4 is 33.3 Å². The van der Waals surface area contributed by atoms with Crippen LogP contribution in [0, 0.1) is 13.8 Å². The van der Waals surface area contributed by atoms with Crippen molar-refractivity contribution in [3.63, 3.8) is 0 Å². The van der Waals surface area contributed by atoms with Crippen LogP contribution in [0.3, 0.4) is 0 Å². The standard InChI is InChI=1S/C23H21N5O2S/c1-13-18-14(2)26-20(16-5-6-16)28-23(18)31-19(13)22(29)27-21-17(4-3-9-25-21)30-12-15-7-10-24-11-8-15/h3-4,7-11,16H,5-6,12H2,1-2H3,(H,25,27,29). The Hall–Kier alpha value is -3.39. The molecule has 0 aromatic carbocycles. The molecule has 4 heterocycles. The number of hydrogen-bond donors (Lipinski definition) is 1. The first kappa shape index (κ1) is 19.6. The third-order valence-electron chi connectivity index (χ3n) is 5.28. The molecule has 156 valence electrons. The molecule has 1 aliphatic rings. The molecule has 5 rings (SSSR count). The van der Waals surface area contributed by atoms with Gasteiger partial charge in [0, 0.05) is 29.9 Å². The molecule has 7 nitrogen and oxygen atoms in total. The van der Waals surface area contributed by atoms with Gasteiger partial charge in [0.05, 0.1) is 10.6 Å². The summed E-state index contributed by atoms with van der Waals surface area (Å²) in [6.45, 7) is 4.29. The Balaban J connectivity index is 1.40. The second kappa shape index (κ2) is 8.03. The maximum absolute atomic E-state index is 13.1. The molecular weight excluding hydrogens is 410 g/mol. The summed E-state index contributed by atoms with van der Waals surface area (Å²) in [6, 6.07) is 7.34. The van der Waals surface area contributed by atoms with Gasteiger partial charge in [-0.1, -0.05) is 0 Å². The van der Waals surface area contributed by atoms with E-state index < -0.39 is 0 Å². The van der Waals surface area contributed by atoms with Gasteiger partial charge in [-0.25, -0.2) is 15.0 Å². The van der Waals surface area contributed by atoms with Crippen LogP contribution in [0.15, 0.2) is 42.9 Å². The lowest BCUT2D eigenvalue weighted by Gasteiger charge is -2.11. The number of rotatable bonds is 6. The predicted octanol–water partition coefficient (Wildman–Crippen LogP) is 4.81. The molecule has 0 saturated heterocycles. The van der Waals surface area contributed by atoms with Gasteiger partial charge in [0.2, 0.25) is 0 Å². The van der Waals surface area contributed by atoms with E-state index in [2.05, 4.69) is 20.3 Å². The third kappa shape index (κ3) is 3.98. The number of carbonyl (C=O) groups excluding carboxylic acids is 1. The quantitative estimate of drug-likeness (QED) is 0.471. The fraction of sp³-hybridized carbons (Fsp3) is 0.261. The Morgan fingerprint density at radius 3 is 2.74 bits per heavy atom. The van der Waals surface area contributed by atoms with Crippen LogP contribution in [0.4, 0.5) is 5.82 Å². The number of nitrogens with zero attached hydrogens (tertiary/aromatic N) is 4. The van der Waals surface area contributed by atoms with E-state index in [9.17, 15) is 4.79 Å². The molecule has 8 heteroatoms. The van der Waals surface area contributed by atoms with Crippen LogP contribution >= 0.6 is 11.3 Å². The van der Waals surface area contributed by atoms with Crippen molar-refractivity contribution in [1.29, 1.82) is 0 Å². The molecule has 4 aromatic rings. The number of aromatic nitrogens is 4. The van der Waals surface area contributed by atoms with Crippen molar-refractivity contribution in [3.05, 3.63) is 70.4 Å². The third-order valence-corrected chi connectivity index (χ3v) is 6.47. The zero-order chi connectivity index (χ0) is 21.4. The lowest BCUT2D eigenvalue weighted by Crippen LogP contribution is -2.13. The number of aryl methyl sites for hydroxylation is 2. The Morgan fingerprint density at radius 1 is 1.16 bits per heavy atom. The monoisotopic (exact) mass is 431 g/mol. The Bertz CT molecular complexity index is 1270. The van der Waals surface area contributed by atoms with Gasteiger partial charge < -0.3 is 10.1 Å².